The molecule has 1 aromatic carbocycles. The Morgan fingerprint density at radius 3 is 2.58 bits per heavy atom. The number of ether oxygens (including phenoxy) is 1. The molecule has 2 aliphatic heterocycles. The van der Waals surface area contributed by atoms with Crippen LogP contribution in [0.1, 0.15) is 25.0 Å². The number of fused-ring (bicyclic) bond motifs is 4. The van der Waals surface area contributed by atoms with E-state index in [9.17, 15) is 4.79 Å². The van der Waals surface area contributed by atoms with Crippen LogP contribution in [0.15, 0.2) is 27.4 Å². The van der Waals surface area contributed by atoms with Gasteiger partial charge in [-0.1, -0.05) is 0 Å². The molecule has 5 heteroatoms. The fourth-order valence-electron chi connectivity index (χ4n) is 2.70. The molecular formula is C14H12O5. The highest BCUT2D eigenvalue weighted by Crippen LogP contribution is 2.57. The molecule has 0 saturated carbocycles. The van der Waals surface area contributed by atoms with Gasteiger partial charge in [0.1, 0.15) is 11.3 Å². The number of hydrogen-bond donors (Lipinski definition) is 0. The number of rotatable bonds is 0. The van der Waals surface area contributed by atoms with Crippen LogP contribution >= 0.6 is 0 Å². The summed E-state index contributed by atoms with van der Waals surface area (Å²) in [7, 11) is 0. The minimum atomic E-state index is -0.819. The first-order chi connectivity index (χ1) is 8.93. The highest BCUT2D eigenvalue weighted by molar-refractivity contribution is 5.83. The van der Waals surface area contributed by atoms with Crippen LogP contribution in [0.3, 0.4) is 0 Å². The van der Waals surface area contributed by atoms with Crippen molar-refractivity contribution in [1.29, 1.82) is 0 Å². The molecule has 2 aromatic rings. The summed E-state index contributed by atoms with van der Waals surface area (Å²) >= 11 is 0. The van der Waals surface area contributed by atoms with Crippen molar-refractivity contribution in [2.45, 2.75) is 32.2 Å². The van der Waals surface area contributed by atoms with Crippen molar-refractivity contribution in [2.75, 3.05) is 0 Å². The van der Waals surface area contributed by atoms with Crippen molar-refractivity contribution in [3.8, 4) is 5.75 Å². The summed E-state index contributed by atoms with van der Waals surface area (Å²) in [5.41, 5.74) is 1.30. The molecule has 0 aliphatic carbocycles. The van der Waals surface area contributed by atoms with Crippen molar-refractivity contribution in [3.05, 3.63) is 39.7 Å². The van der Waals surface area contributed by atoms with Gasteiger partial charge in [0.2, 0.25) is 0 Å². The van der Waals surface area contributed by atoms with Gasteiger partial charge in [-0.15, -0.1) is 0 Å². The average molecular weight is 260 g/mol. The third kappa shape index (κ3) is 1.14. The highest BCUT2D eigenvalue weighted by atomic mass is 17.3. The number of hydrogen-bond acceptors (Lipinski definition) is 5. The summed E-state index contributed by atoms with van der Waals surface area (Å²) in [6.45, 7) is 5.62. The van der Waals surface area contributed by atoms with Crippen molar-refractivity contribution in [2.24, 2.45) is 0 Å². The molecule has 2 atom stereocenters. The first kappa shape index (κ1) is 11.0. The van der Waals surface area contributed by atoms with Crippen molar-refractivity contribution in [1.82, 2.24) is 0 Å². The molecule has 5 nitrogen and oxygen atoms in total. The standard InChI is InChI=1S/C14H12O5/c1-7-4-12(15)16-10-6-11-9(5-8(7)10)13(2)14(3,17-11)19-18-13/h4-6H,1-3H3. The Morgan fingerprint density at radius 2 is 1.89 bits per heavy atom. The first-order valence-corrected chi connectivity index (χ1v) is 6.08. The van der Waals surface area contributed by atoms with Crippen LogP contribution in [0, 0.1) is 6.92 Å². The van der Waals surface area contributed by atoms with E-state index in [0.717, 1.165) is 16.5 Å². The molecular weight excluding hydrogens is 248 g/mol. The topological polar surface area (TPSA) is 57.9 Å². The van der Waals surface area contributed by atoms with Crippen LogP contribution in [-0.4, -0.2) is 5.79 Å². The van der Waals surface area contributed by atoms with Gasteiger partial charge in [-0.3, -0.25) is 0 Å². The van der Waals surface area contributed by atoms with E-state index in [1.165, 1.54) is 6.07 Å². The summed E-state index contributed by atoms with van der Waals surface area (Å²) in [4.78, 5) is 21.8. The van der Waals surface area contributed by atoms with Crippen LogP contribution in [0.5, 0.6) is 5.75 Å². The predicted octanol–water partition coefficient (Wildman–Crippen LogP) is 2.39. The zero-order chi connectivity index (χ0) is 13.4. The number of benzene rings is 1. The summed E-state index contributed by atoms with van der Waals surface area (Å²) in [5.74, 6) is -0.190. The SMILES string of the molecule is Cc1cc(=O)oc2cc3c(cc12)C1(C)OOC1(C)O3. The second-order valence-electron chi connectivity index (χ2n) is 5.34. The molecule has 2 aliphatic rings. The Labute approximate surface area is 108 Å². The lowest BCUT2D eigenvalue weighted by molar-refractivity contribution is -0.587. The minimum Gasteiger partial charge on any atom is -0.456 e. The lowest BCUT2D eigenvalue weighted by atomic mass is 9.88. The average Bonchev–Trinajstić information content (AvgIpc) is 2.48. The fourth-order valence-corrected chi connectivity index (χ4v) is 2.70. The van der Waals surface area contributed by atoms with Crippen LogP contribution < -0.4 is 10.4 Å². The Morgan fingerprint density at radius 1 is 1.11 bits per heavy atom. The lowest BCUT2D eigenvalue weighted by Crippen LogP contribution is -2.60. The van der Waals surface area contributed by atoms with E-state index in [2.05, 4.69) is 0 Å². The Bertz CT molecular complexity index is 777. The third-order valence-electron chi connectivity index (χ3n) is 4.10. The molecule has 19 heavy (non-hydrogen) atoms. The van der Waals surface area contributed by atoms with Crippen molar-refractivity contribution < 1.29 is 18.9 Å². The van der Waals surface area contributed by atoms with E-state index in [0.29, 0.717) is 11.3 Å². The molecule has 0 spiro atoms. The van der Waals surface area contributed by atoms with Gasteiger partial charge in [-0.05, 0) is 25.5 Å². The molecule has 0 N–H and O–H groups in total. The fraction of sp³-hybridized carbons (Fsp3) is 0.357. The highest BCUT2D eigenvalue weighted by Gasteiger charge is 2.67. The lowest BCUT2D eigenvalue weighted by Gasteiger charge is -2.45. The van der Waals surface area contributed by atoms with E-state index < -0.39 is 11.4 Å². The Hall–Kier alpha value is -1.85. The van der Waals surface area contributed by atoms with E-state index in [4.69, 9.17) is 18.9 Å². The monoisotopic (exact) mass is 260 g/mol. The molecule has 1 saturated heterocycles. The maximum atomic E-state index is 11.4. The number of aryl methyl sites for hydroxylation is 1. The zero-order valence-electron chi connectivity index (χ0n) is 10.8. The maximum absolute atomic E-state index is 11.4. The largest absolute Gasteiger partial charge is 0.456 e. The summed E-state index contributed by atoms with van der Waals surface area (Å²) in [6.07, 6.45) is 0. The Kier molecular flexibility index (Phi) is 1.74. The summed E-state index contributed by atoms with van der Waals surface area (Å²) < 4.78 is 11.0. The smallest absolute Gasteiger partial charge is 0.336 e. The minimum absolute atomic E-state index is 0.365. The summed E-state index contributed by atoms with van der Waals surface area (Å²) in [6, 6.07) is 5.14. The van der Waals surface area contributed by atoms with Crippen molar-refractivity contribution in [3.63, 3.8) is 0 Å². The van der Waals surface area contributed by atoms with Gasteiger partial charge in [0.05, 0.1) is 0 Å². The van der Waals surface area contributed by atoms with Crippen LogP contribution in [-0.2, 0) is 15.4 Å². The van der Waals surface area contributed by atoms with Gasteiger partial charge < -0.3 is 9.15 Å². The second kappa shape index (κ2) is 3.00. The third-order valence-corrected chi connectivity index (χ3v) is 4.10. The molecule has 4 rings (SSSR count). The molecule has 0 radical (unpaired) electrons. The molecule has 0 bridgehead atoms. The molecule has 1 aromatic heterocycles. The van der Waals surface area contributed by atoms with Gasteiger partial charge in [0.15, 0.2) is 5.60 Å². The van der Waals surface area contributed by atoms with Crippen LogP contribution in [0.4, 0.5) is 0 Å². The maximum Gasteiger partial charge on any atom is 0.336 e. The normalized spacial score (nSPS) is 31.5. The van der Waals surface area contributed by atoms with Crippen molar-refractivity contribution >= 4 is 11.0 Å². The van der Waals surface area contributed by atoms with Crippen LogP contribution in [0.25, 0.3) is 11.0 Å². The van der Waals surface area contributed by atoms with Gasteiger partial charge in [0.25, 0.3) is 5.79 Å². The molecule has 3 heterocycles. The van der Waals surface area contributed by atoms with Gasteiger partial charge in [-0.2, -0.15) is 4.89 Å². The van der Waals surface area contributed by atoms with Crippen LogP contribution in [0.2, 0.25) is 0 Å². The predicted molar refractivity (Wildman–Crippen MR) is 65.8 cm³/mol. The second-order valence-corrected chi connectivity index (χ2v) is 5.34. The van der Waals surface area contributed by atoms with Gasteiger partial charge in [-0.25, -0.2) is 9.68 Å². The Balaban J connectivity index is 2.06. The van der Waals surface area contributed by atoms with Gasteiger partial charge >= 0.3 is 5.63 Å². The quantitative estimate of drug-likeness (QED) is 0.537. The molecule has 0 amide bonds. The van der Waals surface area contributed by atoms with E-state index >= 15 is 0 Å². The van der Waals surface area contributed by atoms with Gasteiger partial charge in [0, 0.05) is 30.0 Å². The van der Waals surface area contributed by atoms with E-state index in [1.807, 2.05) is 26.8 Å². The molecule has 1 fully saturated rings. The van der Waals surface area contributed by atoms with E-state index in [-0.39, 0.29) is 5.63 Å². The summed E-state index contributed by atoms with van der Waals surface area (Å²) in [5, 5.41) is 0.878. The molecule has 2 unspecified atom stereocenters. The van der Waals surface area contributed by atoms with E-state index in [1.54, 1.807) is 6.07 Å². The zero-order valence-corrected chi connectivity index (χ0v) is 10.8. The first-order valence-electron chi connectivity index (χ1n) is 6.08. The molecule has 98 valence electrons.